The minimum absolute atomic E-state index is 0.271. The standard InChI is InChI=1S/C9H14N2S/c1-6(2)11-9(10)8-5-4-7(3)12-8/h4-6H,1-3H3,(H2,10,11). The third-order valence-electron chi connectivity index (χ3n) is 1.39. The highest BCUT2D eigenvalue weighted by Gasteiger charge is 2.01. The molecule has 12 heavy (non-hydrogen) atoms. The van der Waals surface area contributed by atoms with E-state index in [1.165, 1.54) is 4.88 Å². The van der Waals surface area contributed by atoms with Crippen LogP contribution >= 0.6 is 11.3 Å². The van der Waals surface area contributed by atoms with E-state index in [4.69, 9.17) is 5.73 Å². The quantitative estimate of drug-likeness (QED) is 0.552. The first kappa shape index (κ1) is 9.26. The zero-order valence-electron chi connectivity index (χ0n) is 7.66. The first-order valence-electron chi connectivity index (χ1n) is 3.99. The van der Waals surface area contributed by atoms with Crippen molar-refractivity contribution in [3.05, 3.63) is 21.9 Å². The van der Waals surface area contributed by atoms with Crippen molar-refractivity contribution < 1.29 is 0 Å². The molecular weight excluding hydrogens is 168 g/mol. The van der Waals surface area contributed by atoms with Crippen molar-refractivity contribution in [1.29, 1.82) is 0 Å². The normalized spacial score (nSPS) is 12.5. The molecule has 0 aliphatic rings. The van der Waals surface area contributed by atoms with Crippen LogP contribution in [0.25, 0.3) is 0 Å². The molecule has 2 nitrogen and oxygen atoms in total. The van der Waals surface area contributed by atoms with Gasteiger partial charge in [-0.2, -0.15) is 0 Å². The lowest BCUT2D eigenvalue weighted by molar-refractivity contribution is 0.835. The van der Waals surface area contributed by atoms with Gasteiger partial charge in [0.1, 0.15) is 5.84 Å². The molecule has 0 fully saturated rings. The topological polar surface area (TPSA) is 38.4 Å². The minimum Gasteiger partial charge on any atom is -0.383 e. The van der Waals surface area contributed by atoms with Crippen LogP contribution in [0.1, 0.15) is 23.6 Å². The van der Waals surface area contributed by atoms with Crippen molar-refractivity contribution in [2.75, 3.05) is 0 Å². The number of nitrogens with zero attached hydrogens (tertiary/aromatic N) is 1. The second-order valence-corrected chi connectivity index (χ2v) is 4.31. The molecule has 0 saturated carbocycles. The Morgan fingerprint density at radius 3 is 2.58 bits per heavy atom. The molecular formula is C9H14N2S. The minimum atomic E-state index is 0.271. The summed E-state index contributed by atoms with van der Waals surface area (Å²) in [5.74, 6) is 0.656. The van der Waals surface area contributed by atoms with Crippen LogP contribution in [0.5, 0.6) is 0 Å². The molecule has 0 spiro atoms. The Morgan fingerprint density at radius 1 is 1.50 bits per heavy atom. The number of thiophene rings is 1. The van der Waals surface area contributed by atoms with E-state index in [0.717, 1.165) is 4.88 Å². The Kier molecular flexibility index (Phi) is 2.87. The number of nitrogens with two attached hydrogens (primary N) is 1. The fourth-order valence-electron chi connectivity index (χ4n) is 0.914. The summed E-state index contributed by atoms with van der Waals surface area (Å²) in [4.78, 5) is 6.61. The van der Waals surface area contributed by atoms with E-state index in [1.807, 2.05) is 19.9 Å². The Balaban J connectivity index is 2.84. The fraction of sp³-hybridized carbons (Fsp3) is 0.444. The third-order valence-corrected chi connectivity index (χ3v) is 2.41. The van der Waals surface area contributed by atoms with Crippen molar-refractivity contribution >= 4 is 17.2 Å². The zero-order valence-corrected chi connectivity index (χ0v) is 8.48. The van der Waals surface area contributed by atoms with Crippen LogP contribution in [0.2, 0.25) is 0 Å². The summed E-state index contributed by atoms with van der Waals surface area (Å²) in [5, 5.41) is 0. The zero-order chi connectivity index (χ0) is 9.14. The van der Waals surface area contributed by atoms with E-state index in [0.29, 0.717) is 5.84 Å². The molecule has 0 bridgehead atoms. The molecule has 0 saturated heterocycles. The second-order valence-electron chi connectivity index (χ2n) is 3.02. The summed E-state index contributed by atoms with van der Waals surface area (Å²) in [6.07, 6.45) is 0. The molecule has 0 aromatic carbocycles. The predicted molar refractivity (Wildman–Crippen MR) is 54.9 cm³/mol. The molecule has 0 aliphatic heterocycles. The van der Waals surface area contributed by atoms with Gasteiger partial charge in [-0.3, -0.25) is 4.99 Å². The van der Waals surface area contributed by atoms with Gasteiger partial charge in [0.05, 0.1) is 4.88 Å². The van der Waals surface area contributed by atoms with Crippen LogP contribution in [0.3, 0.4) is 0 Å². The number of amidine groups is 1. The number of aliphatic imine (C=N–C) groups is 1. The highest BCUT2D eigenvalue weighted by molar-refractivity contribution is 7.14. The van der Waals surface area contributed by atoms with Gasteiger partial charge in [0.15, 0.2) is 0 Å². The summed E-state index contributed by atoms with van der Waals surface area (Å²) >= 11 is 1.68. The third kappa shape index (κ3) is 2.34. The van der Waals surface area contributed by atoms with Gasteiger partial charge in [-0.25, -0.2) is 0 Å². The van der Waals surface area contributed by atoms with Crippen LogP contribution in [-0.4, -0.2) is 11.9 Å². The van der Waals surface area contributed by atoms with E-state index < -0.39 is 0 Å². The van der Waals surface area contributed by atoms with Crippen LogP contribution in [-0.2, 0) is 0 Å². The van der Waals surface area contributed by atoms with Gasteiger partial charge < -0.3 is 5.73 Å². The van der Waals surface area contributed by atoms with E-state index in [-0.39, 0.29) is 6.04 Å². The van der Waals surface area contributed by atoms with Gasteiger partial charge in [0.2, 0.25) is 0 Å². The molecule has 66 valence electrons. The molecule has 0 aliphatic carbocycles. The van der Waals surface area contributed by atoms with Gasteiger partial charge in [0.25, 0.3) is 0 Å². The summed E-state index contributed by atoms with van der Waals surface area (Å²) in [7, 11) is 0. The molecule has 1 aromatic rings. The number of hydrogen-bond acceptors (Lipinski definition) is 2. The second kappa shape index (κ2) is 3.72. The fourth-order valence-corrected chi connectivity index (χ4v) is 1.69. The monoisotopic (exact) mass is 182 g/mol. The maximum Gasteiger partial charge on any atom is 0.136 e. The lowest BCUT2D eigenvalue weighted by Gasteiger charge is -1.99. The summed E-state index contributed by atoms with van der Waals surface area (Å²) < 4.78 is 0. The van der Waals surface area contributed by atoms with Crippen LogP contribution in [0, 0.1) is 6.92 Å². The smallest absolute Gasteiger partial charge is 0.136 e. The molecule has 2 N–H and O–H groups in total. The Morgan fingerprint density at radius 2 is 2.17 bits per heavy atom. The van der Waals surface area contributed by atoms with Crippen molar-refractivity contribution in [3.63, 3.8) is 0 Å². The molecule has 1 heterocycles. The number of rotatable bonds is 2. The molecule has 0 unspecified atom stereocenters. The van der Waals surface area contributed by atoms with Gasteiger partial charge in [-0.1, -0.05) is 0 Å². The largest absolute Gasteiger partial charge is 0.383 e. The highest BCUT2D eigenvalue weighted by Crippen LogP contribution is 2.14. The lowest BCUT2D eigenvalue weighted by atomic mass is 10.4. The summed E-state index contributed by atoms with van der Waals surface area (Å²) in [6, 6.07) is 4.34. The first-order chi connectivity index (χ1) is 5.59. The van der Waals surface area contributed by atoms with E-state index in [9.17, 15) is 0 Å². The maximum absolute atomic E-state index is 5.77. The molecule has 0 amide bonds. The van der Waals surface area contributed by atoms with Crippen molar-refractivity contribution in [3.8, 4) is 0 Å². The summed E-state index contributed by atoms with van der Waals surface area (Å²) in [5.41, 5.74) is 5.77. The SMILES string of the molecule is Cc1ccc(C(N)=NC(C)C)s1. The maximum atomic E-state index is 5.77. The first-order valence-corrected chi connectivity index (χ1v) is 4.81. The lowest BCUT2D eigenvalue weighted by Crippen LogP contribution is -2.13. The van der Waals surface area contributed by atoms with Gasteiger partial charge >= 0.3 is 0 Å². The van der Waals surface area contributed by atoms with E-state index in [1.54, 1.807) is 11.3 Å². The van der Waals surface area contributed by atoms with Crippen LogP contribution in [0.15, 0.2) is 17.1 Å². The highest BCUT2D eigenvalue weighted by atomic mass is 32.1. The Labute approximate surface area is 77.1 Å². The Hall–Kier alpha value is -0.830. The average molecular weight is 182 g/mol. The molecule has 0 atom stereocenters. The van der Waals surface area contributed by atoms with Gasteiger partial charge in [0, 0.05) is 10.9 Å². The number of aryl methyl sites for hydroxylation is 1. The molecule has 0 radical (unpaired) electrons. The summed E-state index contributed by atoms with van der Waals surface area (Å²) in [6.45, 7) is 6.11. The molecule has 1 rings (SSSR count). The van der Waals surface area contributed by atoms with Crippen LogP contribution in [0.4, 0.5) is 0 Å². The molecule has 3 heteroatoms. The van der Waals surface area contributed by atoms with E-state index >= 15 is 0 Å². The van der Waals surface area contributed by atoms with E-state index in [2.05, 4.69) is 18.0 Å². The number of hydrogen-bond donors (Lipinski definition) is 1. The van der Waals surface area contributed by atoms with Crippen molar-refractivity contribution in [1.82, 2.24) is 0 Å². The van der Waals surface area contributed by atoms with Crippen molar-refractivity contribution in [2.45, 2.75) is 26.8 Å². The van der Waals surface area contributed by atoms with Gasteiger partial charge in [-0.05, 0) is 32.9 Å². The predicted octanol–water partition coefficient (Wildman–Crippen LogP) is 2.17. The van der Waals surface area contributed by atoms with Gasteiger partial charge in [-0.15, -0.1) is 11.3 Å². The van der Waals surface area contributed by atoms with Crippen LogP contribution < -0.4 is 5.73 Å². The Bertz CT molecular complexity index is 286. The average Bonchev–Trinajstić information content (AvgIpc) is 2.34. The molecule has 1 aromatic heterocycles. The van der Waals surface area contributed by atoms with Crippen molar-refractivity contribution in [2.24, 2.45) is 10.7 Å².